The fourth-order valence-corrected chi connectivity index (χ4v) is 2.02. The summed E-state index contributed by atoms with van der Waals surface area (Å²) in [4.78, 5) is 0.272. The van der Waals surface area contributed by atoms with E-state index in [1.54, 1.807) is 13.3 Å². The molecule has 0 fully saturated rings. The van der Waals surface area contributed by atoms with Crippen molar-refractivity contribution in [1.29, 1.82) is 0 Å². The summed E-state index contributed by atoms with van der Waals surface area (Å²) in [5.74, 6) is -1.44. The summed E-state index contributed by atoms with van der Waals surface area (Å²) in [6.07, 6.45) is 3.11. The number of aromatic nitrogens is 2. The van der Waals surface area contributed by atoms with Gasteiger partial charge in [0.05, 0.1) is 6.20 Å². The molecule has 3 nitrogen and oxygen atoms in total. The van der Waals surface area contributed by atoms with E-state index in [4.69, 9.17) is 5.73 Å². The highest BCUT2D eigenvalue weighted by Gasteiger charge is 2.17. The van der Waals surface area contributed by atoms with Crippen molar-refractivity contribution in [3.8, 4) is 11.1 Å². The summed E-state index contributed by atoms with van der Waals surface area (Å²) in [6.45, 7) is 0. The second kappa shape index (κ2) is 4.37. The SMILES string of the molecule is CSc1ccc(-c2cnn(C)c2N)c(F)c1F. The molecule has 0 amide bonds. The van der Waals surface area contributed by atoms with Crippen LogP contribution in [0.25, 0.3) is 11.1 Å². The van der Waals surface area contributed by atoms with Gasteiger partial charge in [0, 0.05) is 23.1 Å². The minimum absolute atomic E-state index is 0.130. The maximum absolute atomic E-state index is 13.8. The van der Waals surface area contributed by atoms with Gasteiger partial charge in [-0.15, -0.1) is 11.8 Å². The van der Waals surface area contributed by atoms with Crippen LogP contribution in [0.4, 0.5) is 14.6 Å². The molecule has 0 saturated heterocycles. The summed E-state index contributed by atoms with van der Waals surface area (Å²) in [5.41, 5.74) is 6.26. The van der Waals surface area contributed by atoms with Gasteiger partial charge in [-0.05, 0) is 18.4 Å². The molecule has 0 bridgehead atoms. The van der Waals surface area contributed by atoms with Gasteiger partial charge < -0.3 is 5.73 Å². The summed E-state index contributed by atoms with van der Waals surface area (Å²) >= 11 is 1.16. The molecule has 2 aromatic rings. The van der Waals surface area contributed by atoms with Crippen LogP contribution < -0.4 is 5.73 Å². The van der Waals surface area contributed by atoms with Crippen LogP contribution in [0, 0.1) is 11.6 Å². The van der Waals surface area contributed by atoms with Crippen LogP contribution in [0.2, 0.25) is 0 Å². The molecule has 2 N–H and O–H groups in total. The molecule has 6 heteroatoms. The molecule has 0 atom stereocenters. The molecule has 2 rings (SSSR count). The predicted octanol–water partition coefficient (Wildman–Crippen LogP) is 2.67. The van der Waals surface area contributed by atoms with Crippen LogP contribution in [-0.4, -0.2) is 16.0 Å². The molecule has 0 radical (unpaired) electrons. The summed E-state index contributed by atoms with van der Waals surface area (Å²) in [5, 5.41) is 3.90. The van der Waals surface area contributed by atoms with E-state index in [-0.39, 0.29) is 10.5 Å². The van der Waals surface area contributed by atoms with Crippen molar-refractivity contribution < 1.29 is 8.78 Å². The fourth-order valence-electron chi connectivity index (χ4n) is 1.55. The van der Waals surface area contributed by atoms with Crippen molar-refractivity contribution in [3.63, 3.8) is 0 Å². The Morgan fingerprint density at radius 3 is 2.47 bits per heavy atom. The van der Waals surface area contributed by atoms with Crippen molar-refractivity contribution >= 4 is 17.6 Å². The largest absolute Gasteiger partial charge is 0.383 e. The molecule has 0 aliphatic rings. The number of hydrogen-bond donors (Lipinski definition) is 1. The van der Waals surface area contributed by atoms with Gasteiger partial charge in [0.15, 0.2) is 11.6 Å². The number of halogens is 2. The van der Waals surface area contributed by atoms with Crippen molar-refractivity contribution in [2.24, 2.45) is 7.05 Å². The zero-order valence-electron chi connectivity index (χ0n) is 9.37. The maximum atomic E-state index is 13.8. The lowest BCUT2D eigenvalue weighted by Gasteiger charge is -2.06. The van der Waals surface area contributed by atoms with Gasteiger partial charge in [0.25, 0.3) is 0 Å². The van der Waals surface area contributed by atoms with E-state index in [9.17, 15) is 8.78 Å². The quantitative estimate of drug-likeness (QED) is 0.839. The zero-order valence-corrected chi connectivity index (χ0v) is 10.2. The van der Waals surface area contributed by atoms with E-state index < -0.39 is 11.6 Å². The number of aryl methyl sites for hydroxylation is 1. The smallest absolute Gasteiger partial charge is 0.172 e. The first-order valence-corrected chi connectivity index (χ1v) is 6.08. The van der Waals surface area contributed by atoms with Crippen molar-refractivity contribution in [2.75, 3.05) is 12.0 Å². The van der Waals surface area contributed by atoms with Crippen LogP contribution in [0.15, 0.2) is 23.2 Å². The monoisotopic (exact) mass is 255 g/mol. The number of benzene rings is 1. The second-order valence-electron chi connectivity index (χ2n) is 3.51. The Hall–Kier alpha value is -1.56. The Bertz CT molecular complexity index is 566. The minimum Gasteiger partial charge on any atom is -0.383 e. The Balaban J connectivity index is 2.61. The van der Waals surface area contributed by atoms with Gasteiger partial charge in [-0.1, -0.05) is 0 Å². The molecule has 1 aromatic heterocycles. The Morgan fingerprint density at radius 2 is 1.94 bits per heavy atom. The fraction of sp³-hybridized carbons (Fsp3) is 0.182. The average molecular weight is 255 g/mol. The maximum Gasteiger partial charge on any atom is 0.172 e. The lowest BCUT2D eigenvalue weighted by molar-refractivity contribution is 0.494. The lowest BCUT2D eigenvalue weighted by Crippen LogP contribution is -1.99. The van der Waals surface area contributed by atoms with Gasteiger partial charge in [-0.25, -0.2) is 8.78 Å². The third-order valence-corrected chi connectivity index (χ3v) is 3.30. The second-order valence-corrected chi connectivity index (χ2v) is 4.36. The molecule has 0 unspecified atom stereocenters. The van der Waals surface area contributed by atoms with E-state index in [0.29, 0.717) is 11.4 Å². The topological polar surface area (TPSA) is 43.8 Å². The first-order valence-electron chi connectivity index (χ1n) is 4.86. The van der Waals surface area contributed by atoms with Crippen molar-refractivity contribution in [2.45, 2.75) is 4.90 Å². The molecule has 90 valence electrons. The first kappa shape index (κ1) is 11.9. The van der Waals surface area contributed by atoms with Crippen LogP contribution in [0.1, 0.15) is 0 Å². The van der Waals surface area contributed by atoms with E-state index in [1.165, 1.54) is 23.0 Å². The van der Waals surface area contributed by atoms with E-state index in [0.717, 1.165) is 11.8 Å². The average Bonchev–Trinajstić information content (AvgIpc) is 2.64. The standard InChI is InChI=1S/C11H11F2N3S/c1-16-11(14)7(5-15-16)6-3-4-8(17-2)10(13)9(6)12/h3-5H,14H2,1-2H3. The molecule has 17 heavy (non-hydrogen) atoms. The molecule has 0 saturated carbocycles. The van der Waals surface area contributed by atoms with Crippen molar-refractivity contribution in [3.05, 3.63) is 30.0 Å². The highest BCUT2D eigenvalue weighted by molar-refractivity contribution is 7.98. The number of thioether (sulfide) groups is 1. The third kappa shape index (κ3) is 1.88. The molecular weight excluding hydrogens is 244 g/mol. The number of rotatable bonds is 2. The number of nitrogens with two attached hydrogens (primary N) is 1. The van der Waals surface area contributed by atoms with Crippen LogP contribution in [0.5, 0.6) is 0 Å². The Kier molecular flexibility index (Phi) is 3.06. The normalized spacial score (nSPS) is 10.8. The molecule has 1 aromatic carbocycles. The number of anilines is 1. The number of nitrogen functional groups attached to an aromatic ring is 1. The van der Waals surface area contributed by atoms with Crippen LogP contribution >= 0.6 is 11.8 Å². The summed E-state index contributed by atoms with van der Waals surface area (Å²) in [6, 6.07) is 3.04. The molecule has 0 spiro atoms. The number of hydrogen-bond acceptors (Lipinski definition) is 3. The van der Waals surface area contributed by atoms with E-state index in [2.05, 4.69) is 5.10 Å². The molecule has 0 aliphatic heterocycles. The van der Waals surface area contributed by atoms with Crippen LogP contribution in [-0.2, 0) is 7.05 Å². The van der Waals surface area contributed by atoms with Gasteiger partial charge >= 0.3 is 0 Å². The van der Waals surface area contributed by atoms with Gasteiger partial charge in [-0.3, -0.25) is 4.68 Å². The Morgan fingerprint density at radius 1 is 1.24 bits per heavy atom. The van der Waals surface area contributed by atoms with Crippen molar-refractivity contribution in [1.82, 2.24) is 9.78 Å². The lowest BCUT2D eigenvalue weighted by atomic mass is 10.1. The number of nitrogens with zero attached hydrogens (tertiary/aromatic N) is 2. The predicted molar refractivity (Wildman–Crippen MR) is 64.8 cm³/mol. The van der Waals surface area contributed by atoms with Crippen LogP contribution in [0.3, 0.4) is 0 Å². The minimum atomic E-state index is -0.892. The summed E-state index contributed by atoms with van der Waals surface area (Å²) in [7, 11) is 1.64. The Labute approximate surface area is 102 Å². The highest BCUT2D eigenvalue weighted by atomic mass is 32.2. The van der Waals surface area contributed by atoms with Gasteiger partial charge in [0.2, 0.25) is 0 Å². The highest BCUT2D eigenvalue weighted by Crippen LogP contribution is 2.32. The van der Waals surface area contributed by atoms with Gasteiger partial charge in [-0.2, -0.15) is 5.10 Å². The van der Waals surface area contributed by atoms with E-state index >= 15 is 0 Å². The van der Waals surface area contributed by atoms with Gasteiger partial charge in [0.1, 0.15) is 5.82 Å². The third-order valence-electron chi connectivity index (χ3n) is 2.54. The zero-order chi connectivity index (χ0) is 12.6. The first-order chi connectivity index (χ1) is 8.06. The summed E-state index contributed by atoms with van der Waals surface area (Å²) < 4.78 is 28.9. The molecule has 0 aliphatic carbocycles. The molecule has 1 heterocycles. The molecular formula is C11H11F2N3S. The van der Waals surface area contributed by atoms with E-state index in [1.807, 2.05) is 0 Å².